The molecule has 0 aromatic heterocycles. The maximum absolute atomic E-state index is 6.28. The Morgan fingerprint density at radius 2 is 1.70 bits per heavy atom. The molecule has 0 saturated heterocycles. The van der Waals surface area contributed by atoms with Gasteiger partial charge in [0.2, 0.25) is 0 Å². The molecule has 1 aromatic carbocycles. The predicted octanol–water partition coefficient (Wildman–Crippen LogP) is 5.60. The van der Waals surface area contributed by atoms with Crippen molar-refractivity contribution in [2.75, 3.05) is 0 Å². The highest BCUT2D eigenvalue weighted by Gasteiger charge is 2.30. The van der Waals surface area contributed by atoms with Gasteiger partial charge in [-0.05, 0) is 55.6 Å². The van der Waals surface area contributed by atoms with E-state index in [1.807, 2.05) is 12.1 Å². The lowest BCUT2D eigenvalue weighted by molar-refractivity contribution is 0.157. The first-order valence-electron chi connectivity index (χ1n) is 7.88. The molecule has 2 rings (SSSR count). The number of halogens is 1. The van der Waals surface area contributed by atoms with Crippen LogP contribution in [0.5, 0.6) is 0 Å². The lowest BCUT2D eigenvalue weighted by atomic mass is 9.71. The first kappa shape index (κ1) is 15.9. The van der Waals surface area contributed by atoms with Gasteiger partial charge >= 0.3 is 0 Å². The molecule has 1 N–H and O–H groups in total. The maximum Gasteiger partial charge on any atom is 0.0453 e. The molecule has 1 fully saturated rings. The molecule has 1 aliphatic rings. The van der Waals surface area contributed by atoms with E-state index in [-0.39, 0.29) is 0 Å². The maximum atomic E-state index is 6.28. The standard InChI is InChI=1S/C18H28ClN/c1-13(16-7-5-6-8-17(16)19)20-15-11-9-14(10-12-15)18(2,3)4/h5-8,13-15,20H,9-12H2,1-4H3/t13-,14?,15?/m1/s1. The largest absolute Gasteiger partial charge is 0.307 e. The summed E-state index contributed by atoms with van der Waals surface area (Å²) in [4.78, 5) is 0. The monoisotopic (exact) mass is 293 g/mol. The second-order valence-electron chi connectivity index (χ2n) is 7.32. The minimum absolute atomic E-state index is 0.333. The summed E-state index contributed by atoms with van der Waals surface area (Å²) in [5.41, 5.74) is 1.67. The van der Waals surface area contributed by atoms with Crippen LogP contribution in [-0.4, -0.2) is 6.04 Å². The van der Waals surface area contributed by atoms with Crippen LogP contribution in [0.4, 0.5) is 0 Å². The molecule has 0 aliphatic heterocycles. The Labute approximate surface area is 129 Å². The molecule has 112 valence electrons. The van der Waals surface area contributed by atoms with Gasteiger partial charge in [0.25, 0.3) is 0 Å². The molecule has 0 bridgehead atoms. The lowest BCUT2D eigenvalue weighted by Gasteiger charge is -2.38. The highest BCUT2D eigenvalue weighted by atomic mass is 35.5. The molecule has 0 spiro atoms. The van der Waals surface area contributed by atoms with E-state index in [2.05, 4.69) is 45.1 Å². The minimum atomic E-state index is 0.333. The number of hydrogen-bond acceptors (Lipinski definition) is 1. The Bertz CT molecular complexity index is 427. The van der Waals surface area contributed by atoms with Crippen LogP contribution in [0.2, 0.25) is 5.02 Å². The first-order valence-corrected chi connectivity index (χ1v) is 8.26. The molecule has 20 heavy (non-hydrogen) atoms. The highest BCUT2D eigenvalue weighted by molar-refractivity contribution is 6.31. The fourth-order valence-corrected chi connectivity index (χ4v) is 3.70. The van der Waals surface area contributed by atoms with E-state index in [0.717, 1.165) is 10.9 Å². The Morgan fingerprint density at radius 3 is 2.25 bits per heavy atom. The number of hydrogen-bond donors (Lipinski definition) is 1. The predicted molar refractivity (Wildman–Crippen MR) is 88.2 cm³/mol. The van der Waals surface area contributed by atoms with Crippen LogP contribution in [0.25, 0.3) is 0 Å². The van der Waals surface area contributed by atoms with E-state index in [1.54, 1.807) is 0 Å². The molecule has 0 heterocycles. The van der Waals surface area contributed by atoms with Crippen molar-refractivity contribution in [2.45, 2.75) is 65.5 Å². The Morgan fingerprint density at radius 1 is 1.10 bits per heavy atom. The van der Waals surface area contributed by atoms with Gasteiger partial charge in [-0.15, -0.1) is 0 Å². The van der Waals surface area contributed by atoms with Crippen molar-refractivity contribution in [3.63, 3.8) is 0 Å². The van der Waals surface area contributed by atoms with E-state index in [4.69, 9.17) is 11.6 Å². The normalized spacial score (nSPS) is 25.4. The number of benzene rings is 1. The zero-order valence-electron chi connectivity index (χ0n) is 13.2. The minimum Gasteiger partial charge on any atom is -0.307 e. The fraction of sp³-hybridized carbons (Fsp3) is 0.667. The molecule has 1 aromatic rings. The Kier molecular flexibility index (Phi) is 5.14. The third kappa shape index (κ3) is 3.99. The van der Waals surface area contributed by atoms with E-state index in [1.165, 1.54) is 31.2 Å². The number of nitrogens with one attached hydrogen (secondary N) is 1. The third-order valence-corrected chi connectivity index (χ3v) is 5.15. The molecular formula is C18H28ClN. The smallest absolute Gasteiger partial charge is 0.0453 e. The van der Waals surface area contributed by atoms with Crippen molar-refractivity contribution in [1.82, 2.24) is 5.32 Å². The van der Waals surface area contributed by atoms with Gasteiger partial charge in [-0.25, -0.2) is 0 Å². The van der Waals surface area contributed by atoms with Gasteiger partial charge in [0.1, 0.15) is 0 Å². The van der Waals surface area contributed by atoms with Gasteiger partial charge in [0, 0.05) is 17.1 Å². The van der Waals surface area contributed by atoms with Crippen LogP contribution in [0, 0.1) is 11.3 Å². The summed E-state index contributed by atoms with van der Waals surface area (Å²) in [6.45, 7) is 9.34. The topological polar surface area (TPSA) is 12.0 Å². The van der Waals surface area contributed by atoms with Gasteiger partial charge in [0.05, 0.1) is 0 Å². The van der Waals surface area contributed by atoms with Gasteiger partial charge in [-0.2, -0.15) is 0 Å². The van der Waals surface area contributed by atoms with Crippen LogP contribution in [0.3, 0.4) is 0 Å². The summed E-state index contributed by atoms with van der Waals surface area (Å²) in [7, 11) is 0. The summed E-state index contributed by atoms with van der Waals surface area (Å²) < 4.78 is 0. The Balaban J connectivity index is 1.88. The van der Waals surface area contributed by atoms with Crippen molar-refractivity contribution in [2.24, 2.45) is 11.3 Å². The van der Waals surface area contributed by atoms with E-state index >= 15 is 0 Å². The first-order chi connectivity index (χ1) is 9.38. The summed E-state index contributed by atoms with van der Waals surface area (Å²) in [6.07, 6.45) is 5.26. The van der Waals surface area contributed by atoms with Crippen LogP contribution >= 0.6 is 11.6 Å². The van der Waals surface area contributed by atoms with Gasteiger partial charge in [0.15, 0.2) is 0 Å². The average Bonchev–Trinajstić information content (AvgIpc) is 2.38. The molecule has 1 saturated carbocycles. The van der Waals surface area contributed by atoms with Crippen molar-refractivity contribution < 1.29 is 0 Å². The second kappa shape index (κ2) is 6.49. The summed E-state index contributed by atoms with van der Waals surface area (Å²) in [5.74, 6) is 0.871. The summed E-state index contributed by atoms with van der Waals surface area (Å²) in [5, 5.41) is 4.63. The molecule has 0 unspecified atom stereocenters. The van der Waals surface area contributed by atoms with Crippen molar-refractivity contribution in [3.05, 3.63) is 34.9 Å². The van der Waals surface area contributed by atoms with Gasteiger partial charge < -0.3 is 5.32 Å². The van der Waals surface area contributed by atoms with Gasteiger partial charge in [-0.1, -0.05) is 50.6 Å². The van der Waals surface area contributed by atoms with Crippen LogP contribution in [0.1, 0.15) is 65.0 Å². The Hall–Kier alpha value is -0.530. The molecule has 2 heteroatoms. The fourth-order valence-electron chi connectivity index (χ4n) is 3.40. The van der Waals surface area contributed by atoms with Crippen molar-refractivity contribution in [3.8, 4) is 0 Å². The van der Waals surface area contributed by atoms with Crippen LogP contribution in [0.15, 0.2) is 24.3 Å². The summed E-state index contributed by atoms with van der Waals surface area (Å²) >= 11 is 6.28. The van der Waals surface area contributed by atoms with E-state index in [0.29, 0.717) is 17.5 Å². The van der Waals surface area contributed by atoms with E-state index in [9.17, 15) is 0 Å². The van der Waals surface area contributed by atoms with Crippen LogP contribution in [-0.2, 0) is 0 Å². The highest BCUT2D eigenvalue weighted by Crippen LogP contribution is 2.38. The summed E-state index contributed by atoms with van der Waals surface area (Å²) in [6, 6.07) is 9.13. The van der Waals surface area contributed by atoms with Gasteiger partial charge in [-0.3, -0.25) is 0 Å². The zero-order chi connectivity index (χ0) is 14.8. The third-order valence-electron chi connectivity index (χ3n) is 4.81. The molecule has 0 radical (unpaired) electrons. The molecule has 1 aliphatic carbocycles. The second-order valence-corrected chi connectivity index (χ2v) is 7.73. The zero-order valence-corrected chi connectivity index (χ0v) is 14.0. The average molecular weight is 294 g/mol. The lowest BCUT2D eigenvalue weighted by Crippen LogP contribution is -2.37. The molecule has 0 amide bonds. The SMILES string of the molecule is C[C@@H](NC1CCC(C(C)(C)C)CC1)c1ccccc1Cl. The molecule has 1 atom stereocenters. The number of rotatable bonds is 3. The quantitative estimate of drug-likeness (QED) is 0.765. The van der Waals surface area contributed by atoms with E-state index < -0.39 is 0 Å². The van der Waals surface area contributed by atoms with Crippen molar-refractivity contribution >= 4 is 11.6 Å². The molecule has 1 nitrogen and oxygen atoms in total. The van der Waals surface area contributed by atoms with Crippen LogP contribution < -0.4 is 5.32 Å². The van der Waals surface area contributed by atoms with Crippen molar-refractivity contribution in [1.29, 1.82) is 0 Å². The molecular weight excluding hydrogens is 266 g/mol.